The average molecular weight is 208 g/mol. The van der Waals surface area contributed by atoms with Crippen LogP contribution in [0.5, 0.6) is 0 Å². The standard InChI is InChI=1S/C12H14ClN/c1-7-2-10-8-3-9(6-14-5-8)11(10)4-12(7)13/h2,4,8-9,14H,3,5-6H2,1H3. The molecule has 1 aromatic rings. The zero-order valence-corrected chi connectivity index (χ0v) is 9.06. The molecule has 2 aliphatic rings. The number of piperidine rings is 1. The molecule has 0 amide bonds. The highest BCUT2D eigenvalue weighted by Crippen LogP contribution is 2.45. The van der Waals surface area contributed by atoms with Crippen molar-refractivity contribution in [2.45, 2.75) is 25.2 Å². The highest BCUT2D eigenvalue weighted by atomic mass is 35.5. The number of halogens is 1. The number of hydrogen-bond donors (Lipinski definition) is 1. The van der Waals surface area contributed by atoms with Crippen molar-refractivity contribution in [2.75, 3.05) is 13.1 Å². The van der Waals surface area contributed by atoms with Crippen LogP contribution in [0.2, 0.25) is 5.02 Å². The van der Waals surface area contributed by atoms with Gasteiger partial charge in [0.15, 0.2) is 0 Å². The van der Waals surface area contributed by atoms with Crippen LogP contribution in [0.15, 0.2) is 12.1 Å². The second kappa shape index (κ2) is 2.98. The molecule has 0 radical (unpaired) electrons. The summed E-state index contributed by atoms with van der Waals surface area (Å²) in [6.07, 6.45) is 1.32. The summed E-state index contributed by atoms with van der Waals surface area (Å²) in [5.41, 5.74) is 4.26. The summed E-state index contributed by atoms with van der Waals surface area (Å²) < 4.78 is 0. The number of hydrogen-bond acceptors (Lipinski definition) is 1. The van der Waals surface area contributed by atoms with Gasteiger partial charge in [0, 0.05) is 18.1 Å². The van der Waals surface area contributed by atoms with Gasteiger partial charge in [0.05, 0.1) is 0 Å². The quantitative estimate of drug-likeness (QED) is 0.690. The summed E-state index contributed by atoms with van der Waals surface area (Å²) in [7, 11) is 0. The van der Waals surface area contributed by atoms with E-state index >= 15 is 0 Å². The predicted octanol–water partition coefficient (Wildman–Crippen LogP) is 2.82. The Hall–Kier alpha value is -0.530. The Balaban J connectivity index is 2.17. The summed E-state index contributed by atoms with van der Waals surface area (Å²) in [4.78, 5) is 0. The third-order valence-corrected chi connectivity index (χ3v) is 4.00. The van der Waals surface area contributed by atoms with Crippen molar-refractivity contribution in [3.8, 4) is 0 Å². The first-order valence-electron chi connectivity index (χ1n) is 5.26. The van der Waals surface area contributed by atoms with Crippen LogP contribution in [0.1, 0.15) is 34.9 Å². The van der Waals surface area contributed by atoms with E-state index in [9.17, 15) is 0 Å². The molecule has 1 N–H and O–H groups in total. The van der Waals surface area contributed by atoms with Crippen molar-refractivity contribution in [1.29, 1.82) is 0 Å². The van der Waals surface area contributed by atoms with E-state index in [4.69, 9.17) is 11.6 Å². The maximum absolute atomic E-state index is 6.16. The van der Waals surface area contributed by atoms with Crippen molar-refractivity contribution in [2.24, 2.45) is 0 Å². The highest BCUT2D eigenvalue weighted by Gasteiger charge is 2.34. The summed E-state index contributed by atoms with van der Waals surface area (Å²) in [6.45, 7) is 4.37. The van der Waals surface area contributed by atoms with Gasteiger partial charge in [-0.25, -0.2) is 0 Å². The molecule has 0 aromatic heterocycles. The molecular formula is C12H14ClN. The molecule has 1 aliphatic heterocycles. The van der Waals surface area contributed by atoms with E-state index in [1.807, 2.05) is 0 Å². The molecule has 0 saturated carbocycles. The molecule has 2 atom stereocenters. The maximum Gasteiger partial charge on any atom is 0.0438 e. The SMILES string of the molecule is Cc1cc2c(cc1Cl)C1CNCC2C1. The third-order valence-electron chi connectivity index (χ3n) is 3.59. The molecule has 3 rings (SSSR count). The Labute approximate surface area is 89.5 Å². The lowest BCUT2D eigenvalue weighted by Crippen LogP contribution is -2.28. The zero-order valence-electron chi connectivity index (χ0n) is 8.31. The second-order valence-corrected chi connectivity index (χ2v) is 4.93. The maximum atomic E-state index is 6.16. The Bertz CT molecular complexity index is 351. The normalized spacial score (nSPS) is 29.0. The summed E-state index contributed by atoms with van der Waals surface area (Å²) in [5, 5.41) is 4.42. The van der Waals surface area contributed by atoms with Gasteiger partial charge in [-0.3, -0.25) is 0 Å². The monoisotopic (exact) mass is 207 g/mol. The number of rotatable bonds is 0. The van der Waals surface area contributed by atoms with Gasteiger partial charge >= 0.3 is 0 Å². The lowest BCUT2D eigenvalue weighted by molar-refractivity contribution is 0.454. The van der Waals surface area contributed by atoms with Crippen molar-refractivity contribution in [1.82, 2.24) is 5.32 Å². The number of aryl methyl sites for hydroxylation is 1. The fourth-order valence-electron chi connectivity index (χ4n) is 2.84. The number of nitrogens with one attached hydrogen (secondary N) is 1. The molecule has 2 unspecified atom stereocenters. The molecule has 1 saturated heterocycles. The molecule has 1 heterocycles. The van der Waals surface area contributed by atoms with E-state index in [0.29, 0.717) is 5.92 Å². The van der Waals surface area contributed by atoms with Crippen molar-refractivity contribution in [3.05, 3.63) is 33.8 Å². The van der Waals surface area contributed by atoms with Gasteiger partial charge in [0.2, 0.25) is 0 Å². The van der Waals surface area contributed by atoms with Crippen molar-refractivity contribution in [3.63, 3.8) is 0 Å². The largest absolute Gasteiger partial charge is 0.316 e. The van der Waals surface area contributed by atoms with Crippen LogP contribution in [0.3, 0.4) is 0 Å². The predicted molar refractivity (Wildman–Crippen MR) is 59.2 cm³/mol. The van der Waals surface area contributed by atoms with Gasteiger partial charge in [-0.05, 0) is 47.9 Å². The van der Waals surface area contributed by atoms with Gasteiger partial charge in [-0.1, -0.05) is 17.7 Å². The second-order valence-electron chi connectivity index (χ2n) is 4.52. The first-order valence-corrected chi connectivity index (χ1v) is 5.64. The molecule has 2 heteroatoms. The molecule has 1 fully saturated rings. The van der Waals surface area contributed by atoms with E-state index in [0.717, 1.165) is 24.0 Å². The minimum Gasteiger partial charge on any atom is -0.316 e. The van der Waals surface area contributed by atoms with Crippen LogP contribution in [0.4, 0.5) is 0 Å². The molecule has 2 bridgehead atoms. The van der Waals surface area contributed by atoms with Crippen molar-refractivity contribution < 1.29 is 0 Å². The van der Waals surface area contributed by atoms with Crippen LogP contribution in [-0.4, -0.2) is 13.1 Å². The van der Waals surface area contributed by atoms with Gasteiger partial charge < -0.3 is 5.32 Å². The number of benzene rings is 1. The minimum atomic E-state index is 0.710. The third kappa shape index (κ3) is 1.12. The number of fused-ring (bicyclic) bond motifs is 5. The zero-order chi connectivity index (χ0) is 9.71. The van der Waals surface area contributed by atoms with Gasteiger partial charge in [-0.2, -0.15) is 0 Å². The highest BCUT2D eigenvalue weighted by molar-refractivity contribution is 6.31. The molecule has 1 aliphatic carbocycles. The Morgan fingerprint density at radius 3 is 2.57 bits per heavy atom. The van der Waals surface area contributed by atoms with Crippen LogP contribution in [0, 0.1) is 6.92 Å². The van der Waals surface area contributed by atoms with E-state index in [-0.39, 0.29) is 0 Å². The van der Waals surface area contributed by atoms with E-state index in [1.54, 1.807) is 5.56 Å². The molecule has 74 valence electrons. The summed E-state index contributed by atoms with van der Waals surface area (Å²) in [5.74, 6) is 1.45. The first kappa shape index (κ1) is 8.75. The smallest absolute Gasteiger partial charge is 0.0438 e. The minimum absolute atomic E-state index is 0.710. The van der Waals surface area contributed by atoms with Crippen LogP contribution in [-0.2, 0) is 0 Å². The van der Waals surface area contributed by atoms with Crippen molar-refractivity contribution >= 4 is 11.6 Å². The van der Waals surface area contributed by atoms with Gasteiger partial charge in [-0.15, -0.1) is 0 Å². The van der Waals surface area contributed by atoms with Gasteiger partial charge in [0.1, 0.15) is 0 Å². The topological polar surface area (TPSA) is 12.0 Å². The lowest BCUT2D eigenvalue weighted by Gasteiger charge is -2.19. The molecule has 0 spiro atoms. The summed E-state index contributed by atoms with van der Waals surface area (Å²) in [6, 6.07) is 4.47. The fraction of sp³-hybridized carbons (Fsp3) is 0.500. The molecule has 1 aromatic carbocycles. The first-order chi connectivity index (χ1) is 6.75. The molecule has 1 nitrogen and oxygen atoms in total. The van der Waals surface area contributed by atoms with Gasteiger partial charge in [0.25, 0.3) is 0 Å². The Morgan fingerprint density at radius 2 is 1.86 bits per heavy atom. The van der Waals surface area contributed by atoms with Crippen LogP contribution in [0.25, 0.3) is 0 Å². The Kier molecular flexibility index (Phi) is 1.86. The average Bonchev–Trinajstić information content (AvgIpc) is 2.42. The van der Waals surface area contributed by atoms with E-state index in [2.05, 4.69) is 24.4 Å². The molecule has 14 heavy (non-hydrogen) atoms. The van der Waals surface area contributed by atoms with Crippen LogP contribution < -0.4 is 5.32 Å². The van der Waals surface area contributed by atoms with Crippen LogP contribution >= 0.6 is 11.6 Å². The van der Waals surface area contributed by atoms with E-state index in [1.165, 1.54) is 17.5 Å². The summed E-state index contributed by atoms with van der Waals surface area (Å²) >= 11 is 6.16. The van der Waals surface area contributed by atoms with E-state index < -0.39 is 0 Å². The molecular weight excluding hydrogens is 194 g/mol. The Morgan fingerprint density at radius 1 is 1.21 bits per heavy atom. The lowest BCUT2D eigenvalue weighted by atomic mass is 9.98. The fourth-order valence-corrected chi connectivity index (χ4v) is 3.01.